The maximum atomic E-state index is 11.9. The molecule has 0 heterocycles. The summed E-state index contributed by atoms with van der Waals surface area (Å²) in [4.78, 5) is 11.9. The zero-order chi connectivity index (χ0) is 12.1. The minimum Gasteiger partial charge on any atom is -0.352 e. The van der Waals surface area contributed by atoms with Crippen LogP contribution in [0.3, 0.4) is 0 Å². The second-order valence-corrected chi connectivity index (χ2v) is 6.25. The Morgan fingerprint density at radius 3 is 2.81 bits per heavy atom. The molecule has 94 valence electrons. The van der Waals surface area contributed by atoms with Gasteiger partial charge in [0.1, 0.15) is 0 Å². The lowest BCUT2D eigenvalue weighted by Crippen LogP contribution is -2.43. The summed E-state index contributed by atoms with van der Waals surface area (Å²) in [5.41, 5.74) is 5.85. The van der Waals surface area contributed by atoms with Crippen LogP contribution in [-0.4, -0.2) is 34.2 Å². The predicted molar refractivity (Wildman–Crippen MR) is 66.5 cm³/mol. The van der Waals surface area contributed by atoms with Gasteiger partial charge >= 0.3 is 0 Å². The monoisotopic (exact) mass is 246 g/mol. The summed E-state index contributed by atoms with van der Waals surface area (Å²) in [6.45, 7) is 1.89. The van der Waals surface area contributed by atoms with Gasteiger partial charge in [0.2, 0.25) is 5.91 Å². The van der Waals surface area contributed by atoms with Gasteiger partial charge in [-0.25, -0.2) is 0 Å². The van der Waals surface area contributed by atoms with Crippen LogP contribution in [0, 0.1) is 5.92 Å². The third kappa shape index (κ3) is 4.61. The van der Waals surface area contributed by atoms with Crippen LogP contribution in [0.15, 0.2) is 0 Å². The van der Waals surface area contributed by atoms with Crippen molar-refractivity contribution in [3.05, 3.63) is 0 Å². The molecule has 1 amide bonds. The van der Waals surface area contributed by atoms with Crippen LogP contribution >= 0.6 is 0 Å². The number of nitrogens with two attached hydrogens (primary N) is 1. The minimum atomic E-state index is -0.863. The summed E-state index contributed by atoms with van der Waals surface area (Å²) >= 11 is 0. The molecule has 0 aromatic heterocycles. The number of rotatable bonds is 4. The van der Waals surface area contributed by atoms with Gasteiger partial charge in [0.15, 0.2) is 0 Å². The van der Waals surface area contributed by atoms with Crippen LogP contribution in [0.1, 0.15) is 32.6 Å². The number of hydrogen-bond donors (Lipinski definition) is 2. The highest BCUT2D eigenvalue weighted by Crippen LogP contribution is 2.23. The van der Waals surface area contributed by atoms with E-state index in [2.05, 4.69) is 5.32 Å². The van der Waals surface area contributed by atoms with E-state index >= 15 is 0 Å². The molecule has 0 radical (unpaired) electrons. The van der Waals surface area contributed by atoms with Crippen LogP contribution in [-0.2, 0) is 15.6 Å². The molecule has 0 aliphatic heterocycles. The lowest BCUT2D eigenvalue weighted by molar-refractivity contribution is -0.126. The number of amides is 1. The molecule has 0 saturated heterocycles. The Morgan fingerprint density at radius 2 is 2.25 bits per heavy atom. The first-order valence-corrected chi connectivity index (χ1v) is 7.57. The van der Waals surface area contributed by atoms with Gasteiger partial charge in [0.05, 0.1) is 0 Å². The Hall–Kier alpha value is -0.420. The Bertz CT molecular complexity index is 271. The van der Waals surface area contributed by atoms with E-state index in [1.54, 1.807) is 6.26 Å². The van der Waals surface area contributed by atoms with E-state index in [9.17, 15) is 9.00 Å². The third-order valence-electron chi connectivity index (χ3n) is 2.96. The Morgan fingerprint density at radius 1 is 1.56 bits per heavy atom. The fraction of sp³-hybridized carbons (Fsp3) is 0.909. The zero-order valence-electron chi connectivity index (χ0n) is 10.1. The standard InChI is InChI=1S/C11H22N2O2S/c1-8(7-16(2)15)13-11(14)9-4-3-5-10(12)6-9/h8-10H,3-7,12H2,1-2H3,(H,13,14). The average Bonchev–Trinajstić information content (AvgIpc) is 2.16. The molecule has 1 fully saturated rings. The Kier molecular flexibility index (Phi) is 5.41. The van der Waals surface area contributed by atoms with Gasteiger partial charge in [-0.05, 0) is 26.2 Å². The smallest absolute Gasteiger partial charge is 0.223 e. The Labute approximate surface area is 99.8 Å². The molecule has 1 aliphatic carbocycles. The van der Waals surface area contributed by atoms with Crippen molar-refractivity contribution >= 4 is 16.7 Å². The van der Waals surface area contributed by atoms with E-state index in [-0.39, 0.29) is 23.9 Å². The highest BCUT2D eigenvalue weighted by Gasteiger charge is 2.26. The molecule has 16 heavy (non-hydrogen) atoms. The molecule has 1 rings (SSSR count). The van der Waals surface area contributed by atoms with Gasteiger partial charge < -0.3 is 11.1 Å². The number of carbonyl (C=O) groups is 1. The van der Waals surface area contributed by atoms with E-state index in [4.69, 9.17) is 5.73 Å². The van der Waals surface area contributed by atoms with Gasteiger partial charge in [-0.3, -0.25) is 9.00 Å². The molecule has 4 nitrogen and oxygen atoms in total. The fourth-order valence-corrected chi connectivity index (χ4v) is 3.01. The second kappa shape index (κ2) is 6.35. The van der Waals surface area contributed by atoms with Crippen molar-refractivity contribution in [2.24, 2.45) is 11.7 Å². The average molecular weight is 246 g/mol. The summed E-state index contributed by atoms with van der Waals surface area (Å²) in [6.07, 6.45) is 5.43. The number of hydrogen-bond acceptors (Lipinski definition) is 3. The largest absolute Gasteiger partial charge is 0.352 e. The van der Waals surface area contributed by atoms with E-state index in [0.29, 0.717) is 5.75 Å². The Balaban J connectivity index is 2.36. The first-order valence-electron chi connectivity index (χ1n) is 5.85. The predicted octanol–water partition coefficient (Wildman–Crippen LogP) is 0.387. The van der Waals surface area contributed by atoms with Crippen molar-refractivity contribution in [2.45, 2.75) is 44.7 Å². The molecule has 4 unspecified atom stereocenters. The van der Waals surface area contributed by atoms with Gasteiger partial charge in [-0.1, -0.05) is 6.42 Å². The summed E-state index contributed by atoms with van der Waals surface area (Å²) < 4.78 is 11.0. The highest BCUT2D eigenvalue weighted by molar-refractivity contribution is 7.84. The molecule has 1 aliphatic rings. The maximum Gasteiger partial charge on any atom is 0.223 e. The van der Waals surface area contributed by atoms with E-state index in [1.165, 1.54) is 0 Å². The topological polar surface area (TPSA) is 72.2 Å². The van der Waals surface area contributed by atoms with Crippen LogP contribution in [0.2, 0.25) is 0 Å². The van der Waals surface area contributed by atoms with Gasteiger partial charge in [0, 0.05) is 40.8 Å². The normalized spacial score (nSPS) is 29.4. The van der Waals surface area contributed by atoms with Gasteiger partial charge in [-0.2, -0.15) is 0 Å². The van der Waals surface area contributed by atoms with E-state index in [1.807, 2.05) is 6.92 Å². The summed E-state index contributed by atoms with van der Waals surface area (Å²) in [7, 11) is -0.863. The molecule has 0 spiro atoms. The van der Waals surface area contributed by atoms with Crippen molar-refractivity contribution in [1.82, 2.24) is 5.32 Å². The molecule has 4 atom stereocenters. The zero-order valence-corrected chi connectivity index (χ0v) is 10.9. The molecular formula is C11H22N2O2S. The van der Waals surface area contributed by atoms with Crippen LogP contribution in [0.4, 0.5) is 0 Å². The van der Waals surface area contributed by atoms with Crippen molar-refractivity contribution in [3.8, 4) is 0 Å². The van der Waals surface area contributed by atoms with E-state index in [0.717, 1.165) is 25.7 Å². The molecule has 0 aromatic rings. The maximum absolute atomic E-state index is 11.9. The number of nitrogens with one attached hydrogen (secondary N) is 1. The molecule has 0 aromatic carbocycles. The molecular weight excluding hydrogens is 224 g/mol. The van der Waals surface area contributed by atoms with Crippen molar-refractivity contribution in [1.29, 1.82) is 0 Å². The molecule has 3 N–H and O–H groups in total. The SMILES string of the molecule is CC(CS(C)=O)NC(=O)C1CCCC(N)C1. The lowest BCUT2D eigenvalue weighted by atomic mass is 9.85. The number of carbonyl (C=O) groups excluding carboxylic acids is 1. The van der Waals surface area contributed by atoms with Gasteiger partial charge in [0.25, 0.3) is 0 Å². The van der Waals surface area contributed by atoms with Gasteiger partial charge in [-0.15, -0.1) is 0 Å². The van der Waals surface area contributed by atoms with Crippen LogP contribution in [0.25, 0.3) is 0 Å². The molecule has 1 saturated carbocycles. The van der Waals surface area contributed by atoms with E-state index < -0.39 is 10.8 Å². The minimum absolute atomic E-state index is 0.0171. The first-order chi connectivity index (χ1) is 7.49. The highest BCUT2D eigenvalue weighted by atomic mass is 32.2. The van der Waals surface area contributed by atoms with Crippen molar-refractivity contribution in [3.63, 3.8) is 0 Å². The fourth-order valence-electron chi connectivity index (χ4n) is 2.22. The molecule has 0 bridgehead atoms. The quantitative estimate of drug-likeness (QED) is 0.753. The van der Waals surface area contributed by atoms with Crippen LogP contribution in [0.5, 0.6) is 0 Å². The molecule has 5 heteroatoms. The van der Waals surface area contributed by atoms with Crippen LogP contribution < -0.4 is 11.1 Å². The van der Waals surface area contributed by atoms with Crippen molar-refractivity contribution in [2.75, 3.05) is 12.0 Å². The summed E-state index contributed by atoms with van der Waals surface area (Å²) in [5.74, 6) is 0.648. The first kappa shape index (κ1) is 13.6. The summed E-state index contributed by atoms with van der Waals surface area (Å²) in [6, 6.07) is 0.150. The summed E-state index contributed by atoms with van der Waals surface area (Å²) in [5, 5.41) is 2.91. The second-order valence-electron chi connectivity index (χ2n) is 4.77. The van der Waals surface area contributed by atoms with Crippen molar-refractivity contribution < 1.29 is 9.00 Å². The third-order valence-corrected chi connectivity index (χ3v) is 3.93. The lowest BCUT2D eigenvalue weighted by Gasteiger charge is -2.26.